The van der Waals surface area contributed by atoms with E-state index in [9.17, 15) is 17.6 Å². The molecule has 1 heterocycles. The summed E-state index contributed by atoms with van der Waals surface area (Å²) in [6, 6.07) is 3.72. The molecule has 0 aliphatic carbocycles. The maximum Gasteiger partial charge on any atom is 0.243 e. The summed E-state index contributed by atoms with van der Waals surface area (Å²) in [5.74, 6) is -1.38. The second-order valence-corrected chi connectivity index (χ2v) is 6.09. The molecule has 0 radical (unpaired) electrons. The van der Waals surface area contributed by atoms with E-state index in [0.717, 1.165) is 16.4 Å². The molecule has 0 bridgehead atoms. The summed E-state index contributed by atoms with van der Waals surface area (Å²) in [7, 11) is -3.93. The van der Waals surface area contributed by atoms with Gasteiger partial charge in [-0.1, -0.05) is 6.07 Å². The Hall–Kier alpha value is -1.51. The number of benzene rings is 1. The quantitative estimate of drug-likeness (QED) is 0.767. The maximum atomic E-state index is 13.1. The normalized spacial score (nSPS) is 21.2. The summed E-state index contributed by atoms with van der Waals surface area (Å²) in [5.41, 5.74) is 5.20. The van der Waals surface area contributed by atoms with Crippen LogP contribution in [0.2, 0.25) is 0 Å². The fourth-order valence-electron chi connectivity index (χ4n) is 1.98. The van der Waals surface area contributed by atoms with Gasteiger partial charge in [-0.2, -0.15) is 4.31 Å². The van der Waals surface area contributed by atoms with E-state index in [4.69, 9.17) is 5.73 Å². The van der Waals surface area contributed by atoms with Gasteiger partial charge in [0.1, 0.15) is 11.9 Å². The molecular weight excluding hydrogens is 273 g/mol. The standard InChI is InChI=1S/C11H14FN3O3S/c12-8-2-1-3-9(6-8)19(17,18)15-5-4-14-7-10(15)11(13)16/h1-3,6,10,14H,4-5,7H2,(H2,13,16). The Morgan fingerprint density at radius 2 is 2.21 bits per heavy atom. The summed E-state index contributed by atoms with van der Waals surface area (Å²) in [6.07, 6.45) is 0. The summed E-state index contributed by atoms with van der Waals surface area (Å²) in [4.78, 5) is 11.1. The Labute approximate surface area is 110 Å². The molecule has 1 saturated heterocycles. The fraction of sp³-hybridized carbons (Fsp3) is 0.364. The number of nitrogens with zero attached hydrogens (tertiary/aromatic N) is 1. The predicted molar refractivity (Wildman–Crippen MR) is 66.1 cm³/mol. The molecule has 1 atom stereocenters. The monoisotopic (exact) mass is 287 g/mol. The lowest BCUT2D eigenvalue weighted by Gasteiger charge is -2.33. The van der Waals surface area contributed by atoms with E-state index in [1.165, 1.54) is 12.1 Å². The van der Waals surface area contributed by atoms with E-state index in [1.807, 2.05) is 0 Å². The third-order valence-electron chi connectivity index (χ3n) is 2.93. The van der Waals surface area contributed by atoms with E-state index in [0.29, 0.717) is 6.54 Å². The van der Waals surface area contributed by atoms with Crippen LogP contribution in [0.25, 0.3) is 0 Å². The highest BCUT2D eigenvalue weighted by Gasteiger charge is 2.36. The minimum Gasteiger partial charge on any atom is -0.368 e. The van der Waals surface area contributed by atoms with Crippen LogP contribution in [-0.4, -0.2) is 44.3 Å². The van der Waals surface area contributed by atoms with Crippen LogP contribution >= 0.6 is 0 Å². The first-order valence-corrected chi connectivity index (χ1v) is 7.14. The topological polar surface area (TPSA) is 92.5 Å². The van der Waals surface area contributed by atoms with Crippen molar-refractivity contribution < 1.29 is 17.6 Å². The lowest BCUT2D eigenvalue weighted by atomic mass is 10.2. The summed E-state index contributed by atoms with van der Waals surface area (Å²) >= 11 is 0. The molecule has 1 aromatic rings. The van der Waals surface area contributed by atoms with Crippen LogP contribution in [0.3, 0.4) is 0 Å². The number of primary amides is 1. The number of hydrogen-bond acceptors (Lipinski definition) is 4. The Morgan fingerprint density at radius 1 is 1.47 bits per heavy atom. The molecule has 2 rings (SSSR count). The maximum absolute atomic E-state index is 13.1. The van der Waals surface area contributed by atoms with E-state index in [-0.39, 0.29) is 18.0 Å². The van der Waals surface area contributed by atoms with Gasteiger partial charge >= 0.3 is 0 Å². The van der Waals surface area contributed by atoms with Crippen LogP contribution < -0.4 is 11.1 Å². The first kappa shape index (κ1) is 13.9. The Bertz CT molecular complexity index is 591. The van der Waals surface area contributed by atoms with Gasteiger partial charge in [-0.25, -0.2) is 12.8 Å². The molecule has 1 aromatic carbocycles. The third-order valence-corrected chi connectivity index (χ3v) is 4.83. The van der Waals surface area contributed by atoms with E-state index in [1.54, 1.807) is 0 Å². The van der Waals surface area contributed by atoms with Gasteiger partial charge in [0.2, 0.25) is 15.9 Å². The van der Waals surface area contributed by atoms with Crippen molar-refractivity contribution in [2.24, 2.45) is 5.73 Å². The summed E-state index contributed by atoms with van der Waals surface area (Å²) < 4.78 is 38.9. The van der Waals surface area contributed by atoms with Crippen LogP contribution in [0, 0.1) is 5.82 Å². The number of carbonyl (C=O) groups excluding carboxylic acids is 1. The zero-order valence-corrected chi connectivity index (χ0v) is 10.9. The van der Waals surface area contributed by atoms with Crippen molar-refractivity contribution in [3.8, 4) is 0 Å². The van der Waals surface area contributed by atoms with Crippen molar-refractivity contribution >= 4 is 15.9 Å². The first-order valence-electron chi connectivity index (χ1n) is 5.70. The van der Waals surface area contributed by atoms with E-state index < -0.39 is 27.8 Å². The van der Waals surface area contributed by atoms with Crippen molar-refractivity contribution in [2.45, 2.75) is 10.9 Å². The highest BCUT2D eigenvalue weighted by atomic mass is 32.2. The number of carbonyl (C=O) groups is 1. The lowest BCUT2D eigenvalue weighted by molar-refractivity contribution is -0.122. The molecule has 1 aliphatic rings. The molecule has 1 fully saturated rings. The molecular formula is C11H14FN3O3S. The molecule has 0 saturated carbocycles. The fourth-order valence-corrected chi connectivity index (χ4v) is 3.61. The van der Waals surface area contributed by atoms with Gasteiger partial charge in [0.25, 0.3) is 0 Å². The van der Waals surface area contributed by atoms with Crippen molar-refractivity contribution in [3.63, 3.8) is 0 Å². The molecule has 1 aliphatic heterocycles. The van der Waals surface area contributed by atoms with E-state index >= 15 is 0 Å². The second kappa shape index (κ2) is 5.24. The smallest absolute Gasteiger partial charge is 0.243 e. The van der Waals surface area contributed by atoms with Crippen LogP contribution in [-0.2, 0) is 14.8 Å². The molecule has 8 heteroatoms. The minimum absolute atomic E-state index is 0.118. The molecule has 1 unspecified atom stereocenters. The average molecular weight is 287 g/mol. The Morgan fingerprint density at radius 3 is 2.84 bits per heavy atom. The van der Waals surface area contributed by atoms with Crippen molar-refractivity contribution in [3.05, 3.63) is 30.1 Å². The first-order chi connectivity index (χ1) is 8.93. The third kappa shape index (κ3) is 2.75. The number of amides is 1. The average Bonchev–Trinajstić information content (AvgIpc) is 2.38. The molecule has 0 aromatic heterocycles. The van der Waals surface area contributed by atoms with Crippen molar-refractivity contribution in [1.29, 1.82) is 0 Å². The number of nitrogens with two attached hydrogens (primary N) is 1. The molecule has 6 nitrogen and oxygen atoms in total. The minimum atomic E-state index is -3.93. The Balaban J connectivity index is 2.40. The lowest BCUT2D eigenvalue weighted by Crippen LogP contribution is -2.58. The van der Waals surface area contributed by atoms with Gasteiger partial charge in [-0.15, -0.1) is 0 Å². The molecule has 104 valence electrons. The van der Waals surface area contributed by atoms with Crippen LogP contribution in [0.1, 0.15) is 0 Å². The number of piperazine rings is 1. The Kier molecular flexibility index (Phi) is 3.83. The molecule has 0 spiro atoms. The number of sulfonamides is 1. The van der Waals surface area contributed by atoms with Gasteiger partial charge in [-0.3, -0.25) is 4.79 Å². The predicted octanol–water partition coefficient (Wildman–Crippen LogP) is -0.726. The van der Waals surface area contributed by atoms with Crippen LogP contribution in [0.5, 0.6) is 0 Å². The SMILES string of the molecule is NC(=O)C1CNCCN1S(=O)(=O)c1cccc(F)c1. The van der Waals surface area contributed by atoms with Gasteiger partial charge in [0, 0.05) is 19.6 Å². The largest absolute Gasteiger partial charge is 0.368 e. The summed E-state index contributed by atoms with van der Waals surface area (Å²) in [5, 5.41) is 2.90. The number of hydrogen-bond donors (Lipinski definition) is 2. The zero-order valence-electron chi connectivity index (χ0n) is 10.0. The van der Waals surface area contributed by atoms with Crippen molar-refractivity contribution in [2.75, 3.05) is 19.6 Å². The second-order valence-electron chi connectivity index (χ2n) is 4.20. The van der Waals surface area contributed by atoms with E-state index in [2.05, 4.69) is 5.32 Å². The van der Waals surface area contributed by atoms with Gasteiger partial charge < -0.3 is 11.1 Å². The van der Waals surface area contributed by atoms with Gasteiger partial charge in [0.15, 0.2) is 0 Å². The van der Waals surface area contributed by atoms with Crippen LogP contribution in [0.15, 0.2) is 29.2 Å². The zero-order chi connectivity index (χ0) is 14.0. The van der Waals surface area contributed by atoms with Crippen molar-refractivity contribution in [1.82, 2.24) is 9.62 Å². The molecule has 3 N–H and O–H groups in total. The molecule has 19 heavy (non-hydrogen) atoms. The highest BCUT2D eigenvalue weighted by Crippen LogP contribution is 2.20. The van der Waals surface area contributed by atoms with Crippen LogP contribution in [0.4, 0.5) is 4.39 Å². The summed E-state index contributed by atoms with van der Waals surface area (Å²) in [6.45, 7) is 0.689. The number of nitrogens with one attached hydrogen (secondary N) is 1. The molecule has 1 amide bonds. The number of rotatable bonds is 3. The van der Waals surface area contributed by atoms with Gasteiger partial charge in [0.05, 0.1) is 4.90 Å². The number of halogens is 1. The highest BCUT2D eigenvalue weighted by molar-refractivity contribution is 7.89. The van der Waals surface area contributed by atoms with Gasteiger partial charge in [-0.05, 0) is 18.2 Å².